The first kappa shape index (κ1) is 19.9. The van der Waals surface area contributed by atoms with E-state index in [1.807, 2.05) is 38.0 Å². The van der Waals surface area contributed by atoms with E-state index in [1.165, 1.54) is 0 Å². The molecular weight excluding hydrogens is 378 g/mol. The SMILES string of the molecule is CCNC(=NCCNc1ncnc2c1cnn2C)N(C)Cc1cc(Cl)cn1C. The van der Waals surface area contributed by atoms with E-state index in [2.05, 4.69) is 37.5 Å². The molecule has 0 aliphatic carbocycles. The molecule has 3 rings (SSSR count). The van der Waals surface area contributed by atoms with Gasteiger partial charge in [-0.15, -0.1) is 0 Å². The van der Waals surface area contributed by atoms with Crippen molar-refractivity contribution >= 4 is 34.4 Å². The fourth-order valence-corrected chi connectivity index (χ4v) is 3.22. The molecule has 0 bridgehead atoms. The first-order valence-electron chi connectivity index (χ1n) is 9.16. The molecule has 3 heterocycles. The predicted octanol–water partition coefficient (Wildman–Crippen LogP) is 1.86. The summed E-state index contributed by atoms with van der Waals surface area (Å²) in [5.41, 5.74) is 1.92. The lowest BCUT2D eigenvalue weighted by molar-refractivity contribution is 0.462. The van der Waals surface area contributed by atoms with Gasteiger partial charge in [-0.2, -0.15) is 5.10 Å². The lowest BCUT2D eigenvalue weighted by Gasteiger charge is -2.22. The van der Waals surface area contributed by atoms with E-state index in [1.54, 1.807) is 17.2 Å². The summed E-state index contributed by atoms with van der Waals surface area (Å²) in [5, 5.41) is 12.5. The Morgan fingerprint density at radius 3 is 2.86 bits per heavy atom. The summed E-state index contributed by atoms with van der Waals surface area (Å²) in [6, 6.07) is 1.97. The van der Waals surface area contributed by atoms with Crippen LogP contribution in [0.2, 0.25) is 5.02 Å². The van der Waals surface area contributed by atoms with Gasteiger partial charge in [-0.25, -0.2) is 9.97 Å². The molecule has 2 N–H and O–H groups in total. The molecule has 0 unspecified atom stereocenters. The van der Waals surface area contributed by atoms with Crippen molar-refractivity contribution in [3.63, 3.8) is 0 Å². The van der Waals surface area contributed by atoms with Gasteiger partial charge in [-0.1, -0.05) is 11.6 Å². The van der Waals surface area contributed by atoms with Crippen LogP contribution >= 0.6 is 11.6 Å². The average Bonchev–Trinajstić information content (AvgIpc) is 3.20. The molecule has 0 amide bonds. The van der Waals surface area contributed by atoms with Crippen LogP contribution in [0.3, 0.4) is 0 Å². The van der Waals surface area contributed by atoms with Crippen LogP contribution in [0.5, 0.6) is 0 Å². The number of anilines is 1. The molecule has 10 heteroatoms. The third kappa shape index (κ3) is 4.53. The van der Waals surface area contributed by atoms with Crippen molar-refractivity contribution in [3.05, 3.63) is 35.5 Å². The maximum Gasteiger partial charge on any atom is 0.194 e. The highest BCUT2D eigenvalue weighted by Gasteiger charge is 2.10. The molecule has 0 saturated carbocycles. The van der Waals surface area contributed by atoms with Crippen LogP contribution < -0.4 is 10.6 Å². The number of nitrogens with zero attached hydrogens (tertiary/aromatic N) is 7. The second-order valence-electron chi connectivity index (χ2n) is 6.51. The third-order valence-electron chi connectivity index (χ3n) is 4.37. The molecule has 150 valence electrons. The first-order valence-corrected chi connectivity index (χ1v) is 9.54. The zero-order valence-electron chi connectivity index (χ0n) is 16.6. The van der Waals surface area contributed by atoms with E-state index in [9.17, 15) is 0 Å². The van der Waals surface area contributed by atoms with Gasteiger partial charge in [0.1, 0.15) is 12.1 Å². The number of hydrogen-bond donors (Lipinski definition) is 2. The van der Waals surface area contributed by atoms with Crippen LogP contribution in [0.1, 0.15) is 12.6 Å². The number of nitrogens with one attached hydrogen (secondary N) is 2. The van der Waals surface area contributed by atoms with Crippen LogP contribution in [0, 0.1) is 0 Å². The first-order chi connectivity index (χ1) is 13.5. The van der Waals surface area contributed by atoms with E-state index < -0.39 is 0 Å². The molecule has 0 aromatic carbocycles. The molecular formula is C18H26ClN9. The monoisotopic (exact) mass is 403 g/mol. The number of aryl methyl sites for hydroxylation is 2. The van der Waals surface area contributed by atoms with Crippen molar-refractivity contribution < 1.29 is 0 Å². The summed E-state index contributed by atoms with van der Waals surface area (Å²) in [4.78, 5) is 15.4. The van der Waals surface area contributed by atoms with Crippen molar-refractivity contribution in [2.45, 2.75) is 13.5 Å². The Hall–Kier alpha value is -2.81. The summed E-state index contributed by atoms with van der Waals surface area (Å²) in [5.74, 6) is 1.61. The van der Waals surface area contributed by atoms with Gasteiger partial charge in [0.25, 0.3) is 0 Å². The molecule has 0 radical (unpaired) electrons. The highest BCUT2D eigenvalue weighted by Crippen LogP contribution is 2.17. The molecule has 0 aliphatic heterocycles. The normalized spacial score (nSPS) is 11.8. The number of hydrogen-bond acceptors (Lipinski definition) is 5. The Bertz CT molecular complexity index is 959. The summed E-state index contributed by atoms with van der Waals surface area (Å²) >= 11 is 6.08. The molecule has 3 aromatic rings. The highest BCUT2D eigenvalue weighted by molar-refractivity contribution is 6.30. The van der Waals surface area contributed by atoms with Gasteiger partial charge in [0.05, 0.1) is 29.7 Å². The fraction of sp³-hybridized carbons (Fsp3) is 0.444. The minimum atomic E-state index is 0.603. The maximum atomic E-state index is 6.08. The standard InChI is InChI=1S/C18H26ClN9/c1-5-20-18(27(3)11-14-8-13(19)10-26(14)2)22-7-6-21-16-15-9-25-28(4)17(15)24-12-23-16/h8-10,12H,5-7,11H2,1-4H3,(H,20,22)(H,21,23,24). The van der Waals surface area contributed by atoms with Crippen LogP contribution in [0.25, 0.3) is 11.0 Å². The summed E-state index contributed by atoms with van der Waals surface area (Å²) in [6.45, 7) is 4.82. The van der Waals surface area contributed by atoms with E-state index in [-0.39, 0.29) is 0 Å². The molecule has 0 saturated heterocycles. The van der Waals surface area contributed by atoms with Gasteiger partial charge in [0.2, 0.25) is 0 Å². The third-order valence-corrected chi connectivity index (χ3v) is 4.57. The fourth-order valence-electron chi connectivity index (χ4n) is 2.95. The second kappa shape index (κ2) is 8.92. The predicted molar refractivity (Wildman–Crippen MR) is 113 cm³/mol. The van der Waals surface area contributed by atoms with Crippen molar-refractivity contribution in [3.8, 4) is 0 Å². The molecule has 28 heavy (non-hydrogen) atoms. The van der Waals surface area contributed by atoms with Crippen LogP contribution in [-0.4, -0.2) is 61.9 Å². The Labute approximate surface area is 169 Å². The smallest absolute Gasteiger partial charge is 0.194 e. The largest absolute Gasteiger partial charge is 0.367 e. The van der Waals surface area contributed by atoms with Gasteiger partial charge in [0.15, 0.2) is 11.6 Å². The number of rotatable bonds is 7. The van der Waals surface area contributed by atoms with Gasteiger partial charge in [-0.05, 0) is 13.0 Å². The summed E-state index contributed by atoms with van der Waals surface area (Å²) < 4.78 is 3.76. The maximum absolute atomic E-state index is 6.08. The van der Waals surface area contributed by atoms with E-state index in [0.29, 0.717) is 19.6 Å². The van der Waals surface area contributed by atoms with Crippen molar-refractivity contribution in [2.75, 3.05) is 32.0 Å². The van der Waals surface area contributed by atoms with Crippen molar-refractivity contribution in [2.24, 2.45) is 19.1 Å². The van der Waals surface area contributed by atoms with Gasteiger partial charge in [-0.3, -0.25) is 9.67 Å². The number of aromatic nitrogens is 5. The second-order valence-corrected chi connectivity index (χ2v) is 6.94. The van der Waals surface area contributed by atoms with E-state index in [0.717, 1.165) is 40.1 Å². The quantitative estimate of drug-likeness (QED) is 0.355. The van der Waals surface area contributed by atoms with Crippen LogP contribution in [-0.2, 0) is 20.6 Å². The number of aliphatic imine (C=N–C) groups is 1. The Kier molecular flexibility index (Phi) is 6.35. The number of guanidine groups is 1. The lowest BCUT2D eigenvalue weighted by atomic mass is 10.4. The Balaban J connectivity index is 1.61. The highest BCUT2D eigenvalue weighted by atomic mass is 35.5. The van der Waals surface area contributed by atoms with E-state index >= 15 is 0 Å². The zero-order valence-corrected chi connectivity index (χ0v) is 17.4. The Morgan fingerprint density at radius 2 is 2.14 bits per heavy atom. The minimum absolute atomic E-state index is 0.603. The molecule has 9 nitrogen and oxygen atoms in total. The van der Waals surface area contributed by atoms with Gasteiger partial charge >= 0.3 is 0 Å². The zero-order chi connectivity index (χ0) is 20.1. The molecule has 0 fully saturated rings. The molecule has 0 aliphatic rings. The Morgan fingerprint density at radius 1 is 1.32 bits per heavy atom. The van der Waals surface area contributed by atoms with Gasteiger partial charge < -0.3 is 20.1 Å². The van der Waals surface area contributed by atoms with Crippen molar-refractivity contribution in [1.82, 2.24) is 34.5 Å². The van der Waals surface area contributed by atoms with Crippen LogP contribution in [0.15, 0.2) is 29.8 Å². The lowest BCUT2D eigenvalue weighted by Crippen LogP contribution is -2.39. The number of halogens is 1. The van der Waals surface area contributed by atoms with Crippen molar-refractivity contribution in [1.29, 1.82) is 0 Å². The molecule has 3 aromatic heterocycles. The van der Waals surface area contributed by atoms with E-state index in [4.69, 9.17) is 16.6 Å². The molecule has 0 spiro atoms. The number of fused-ring (bicyclic) bond motifs is 1. The average molecular weight is 404 g/mol. The summed E-state index contributed by atoms with van der Waals surface area (Å²) in [6.07, 6.45) is 5.21. The topological polar surface area (TPSA) is 88.2 Å². The minimum Gasteiger partial charge on any atom is -0.367 e. The van der Waals surface area contributed by atoms with Gasteiger partial charge in [0, 0.05) is 46.1 Å². The van der Waals surface area contributed by atoms with Crippen LogP contribution in [0.4, 0.5) is 5.82 Å². The molecule has 0 atom stereocenters. The summed E-state index contributed by atoms with van der Waals surface area (Å²) in [7, 11) is 5.87.